The van der Waals surface area contributed by atoms with Gasteiger partial charge in [0.25, 0.3) is 17.5 Å². The predicted octanol–water partition coefficient (Wildman–Crippen LogP) is 3.40. The van der Waals surface area contributed by atoms with Gasteiger partial charge in [-0.15, -0.1) is 0 Å². The number of carbonyl (C=O) groups excluding carboxylic acids is 2. The number of nitro groups is 1. The van der Waals surface area contributed by atoms with Gasteiger partial charge in [-0.25, -0.2) is 0 Å². The minimum absolute atomic E-state index is 0.0843. The summed E-state index contributed by atoms with van der Waals surface area (Å²) >= 11 is 0. The summed E-state index contributed by atoms with van der Waals surface area (Å²) in [6.07, 6.45) is 3.21. The molecule has 32 heavy (non-hydrogen) atoms. The molecular weight excluding hydrogens is 408 g/mol. The van der Waals surface area contributed by atoms with E-state index in [0.717, 1.165) is 11.1 Å². The number of hydrogen-bond acceptors (Lipinski definition) is 6. The fourth-order valence-electron chi connectivity index (χ4n) is 3.68. The van der Waals surface area contributed by atoms with Crippen molar-refractivity contribution < 1.29 is 14.5 Å². The Bertz CT molecular complexity index is 1190. The lowest BCUT2D eigenvalue weighted by Crippen LogP contribution is -2.33. The Morgan fingerprint density at radius 3 is 2.19 bits per heavy atom. The highest BCUT2D eigenvalue weighted by Gasteiger charge is 2.40. The van der Waals surface area contributed by atoms with Crippen molar-refractivity contribution in [3.05, 3.63) is 112 Å². The number of amides is 2. The van der Waals surface area contributed by atoms with Crippen molar-refractivity contribution in [1.82, 2.24) is 14.8 Å². The average Bonchev–Trinajstić information content (AvgIpc) is 3.05. The molecule has 160 valence electrons. The molecule has 1 aliphatic rings. The Morgan fingerprint density at radius 1 is 0.906 bits per heavy atom. The Hall–Kier alpha value is -4.33. The first-order valence-corrected chi connectivity index (χ1v) is 9.95. The number of rotatable bonds is 7. The van der Waals surface area contributed by atoms with Gasteiger partial charge in [0.1, 0.15) is 5.70 Å². The average molecular weight is 428 g/mol. The molecule has 0 spiro atoms. The third-order valence-corrected chi connectivity index (χ3v) is 5.24. The highest BCUT2D eigenvalue weighted by atomic mass is 16.6. The zero-order valence-corrected chi connectivity index (χ0v) is 17.3. The summed E-state index contributed by atoms with van der Waals surface area (Å²) in [5.74, 6) is -0.839. The van der Waals surface area contributed by atoms with E-state index in [4.69, 9.17) is 0 Å². The molecule has 0 unspecified atom stereocenters. The highest BCUT2D eigenvalue weighted by molar-refractivity contribution is 6.35. The fraction of sp³-hybridized carbons (Fsp3) is 0.125. The summed E-state index contributed by atoms with van der Waals surface area (Å²) in [5, 5.41) is 11.0. The summed E-state index contributed by atoms with van der Waals surface area (Å²) in [6, 6.07) is 18.8. The first kappa shape index (κ1) is 20.9. The molecule has 1 aromatic heterocycles. The number of nitro benzene ring substituents is 1. The second kappa shape index (κ2) is 8.81. The maximum atomic E-state index is 13.4. The molecule has 1 aliphatic heterocycles. The molecule has 3 aromatic rings. The number of imide groups is 1. The number of pyridine rings is 1. The van der Waals surface area contributed by atoms with Crippen LogP contribution in [0.2, 0.25) is 0 Å². The van der Waals surface area contributed by atoms with E-state index in [1.54, 1.807) is 36.5 Å². The minimum atomic E-state index is -0.502. The Labute approximate surface area is 184 Å². The monoisotopic (exact) mass is 428 g/mol. The number of non-ortho nitro benzene ring substituents is 1. The number of aromatic nitrogens is 1. The Kier molecular flexibility index (Phi) is 5.76. The van der Waals surface area contributed by atoms with E-state index in [1.165, 1.54) is 29.2 Å². The first-order valence-electron chi connectivity index (χ1n) is 9.95. The lowest BCUT2D eigenvalue weighted by molar-refractivity contribution is -0.384. The van der Waals surface area contributed by atoms with Gasteiger partial charge in [0.2, 0.25) is 0 Å². The van der Waals surface area contributed by atoms with Crippen molar-refractivity contribution in [3.8, 4) is 0 Å². The van der Waals surface area contributed by atoms with Crippen LogP contribution in [0.25, 0.3) is 5.57 Å². The molecule has 2 heterocycles. The molecule has 0 saturated heterocycles. The van der Waals surface area contributed by atoms with Crippen LogP contribution in [0.3, 0.4) is 0 Å². The summed E-state index contributed by atoms with van der Waals surface area (Å²) in [5.41, 5.74) is 2.63. The smallest absolute Gasteiger partial charge is 0.278 e. The summed E-state index contributed by atoms with van der Waals surface area (Å²) in [6.45, 7) is 0.536. The van der Waals surface area contributed by atoms with Crippen LogP contribution in [-0.4, -0.2) is 38.6 Å². The van der Waals surface area contributed by atoms with Gasteiger partial charge in [-0.05, 0) is 41.0 Å². The Balaban J connectivity index is 1.73. The third kappa shape index (κ3) is 4.11. The molecule has 0 atom stereocenters. The first-order chi connectivity index (χ1) is 15.5. The van der Waals surface area contributed by atoms with E-state index in [1.807, 2.05) is 30.3 Å². The summed E-state index contributed by atoms with van der Waals surface area (Å²) < 4.78 is 0. The van der Waals surface area contributed by atoms with Gasteiger partial charge in [-0.2, -0.15) is 0 Å². The lowest BCUT2D eigenvalue weighted by Gasteiger charge is -2.21. The molecule has 8 heteroatoms. The molecule has 0 saturated carbocycles. The quantitative estimate of drug-likeness (QED) is 0.325. The molecule has 0 N–H and O–H groups in total. The third-order valence-electron chi connectivity index (χ3n) is 5.24. The van der Waals surface area contributed by atoms with Crippen molar-refractivity contribution >= 4 is 23.1 Å². The second-order valence-electron chi connectivity index (χ2n) is 7.42. The van der Waals surface area contributed by atoms with Crippen LogP contribution in [0.15, 0.2) is 84.8 Å². The van der Waals surface area contributed by atoms with Gasteiger partial charge in [0.05, 0.1) is 17.0 Å². The number of carbonyl (C=O) groups is 2. The fourth-order valence-corrected chi connectivity index (χ4v) is 3.68. The summed E-state index contributed by atoms with van der Waals surface area (Å²) in [7, 11) is 1.76. The van der Waals surface area contributed by atoms with Gasteiger partial charge >= 0.3 is 0 Å². The molecular formula is C24H20N4O4. The van der Waals surface area contributed by atoms with Gasteiger partial charge in [-0.3, -0.25) is 29.6 Å². The van der Waals surface area contributed by atoms with E-state index in [2.05, 4.69) is 4.98 Å². The minimum Gasteiger partial charge on any atom is -0.365 e. The lowest BCUT2D eigenvalue weighted by atomic mass is 10.0. The molecule has 0 fully saturated rings. The van der Waals surface area contributed by atoms with Gasteiger partial charge < -0.3 is 4.90 Å². The van der Waals surface area contributed by atoms with Gasteiger partial charge in [-0.1, -0.05) is 30.3 Å². The van der Waals surface area contributed by atoms with Crippen LogP contribution in [0.5, 0.6) is 0 Å². The predicted molar refractivity (Wildman–Crippen MR) is 118 cm³/mol. The number of likely N-dealkylation sites (N-methyl/N-ethyl adjacent to an activating group) is 1. The van der Waals surface area contributed by atoms with Crippen LogP contribution >= 0.6 is 0 Å². The number of hydrogen-bond donors (Lipinski definition) is 0. The number of benzene rings is 2. The standard InChI is InChI=1S/C24H20N4O4/c1-26(15-17-5-3-2-4-6-17)22-21(19-7-9-20(10-8-19)28(31)32)23(29)27(24(22)30)16-18-11-13-25-14-12-18/h2-14H,15-16H2,1H3. The van der Waals surface area contributed by atoms with Crippen molar-refractivity contribution in [2.24, 2.45) is 0 Å². The summed E-state index contributed by atoms with van der Waals surface area (Å²) in [4.78, 5) is 44.2. The van der Waals surface area contributed by atoms with Gasteiger partial charge in [0.15, 0.2) is 0 Å². The molecule has 0 radical (unpaired) electrons. The molecule has 2 aromatic carbocycles. The highest BCUT2D eigenvalue weighted by Crippen LogP contribution is 2.33. The normalized spacial score (nSPS) is 13.6. The van der Waals surface area contributed by atoms with Crippen LogP contribution in [0.1, 0.15) is 16.7 Å². The van der Waals surface area contributed by atoms with Gasteiger partial charge in [0, 0.05) is 38.1 Å². The number of nitrogens with zero attached hydrogens (tertiary/aromatic N) is 4. The Morgan fingerprint density at radius 2 is 1.56 bits per heavy atom. The topological polar surface area (TPSA) is 96.7 Å². The van der Waals surface area contributed by atoms with Crippen LogP contribution < -0.4 is 0 Å². The van der Waals surface area contributed by atoms with E-state index in [-0.39, 0.29) is 23.5 Å². The van der Waals surface area contributed by atoms with E-state index >= 15 is 0 Å². The maximum absolute atomic E-state index is 13.4. The van der Waals surface area contributed by atoms with Crippen LogP contribution in [0.4, 0.5) is 5.69 Å². The molecule has 4 rings (SSSR count). The maximum Gasteiger partial charge on any atom is 0.278 e. The SMILES string of the molecule is CN(Cc1ccccc1)C1=C(c2ccc([N+](=O)[O-])cc2)C(=O)N(Cc2ccncc2)C1=O. The van der Waals surface area contributed by atoms with E-state index in [9.17, 15) is 19.7 Å². The zero-order chi connectivity index (χ0) is 22.7. The van der Waals surface area contributed by atoms with Crippen molar-refractivity contribution in [2.75, 3.05) is 7.05 Å². The second-order valence-corrected chi connectivity index (χ2v) is 7.42. The molecule has 2 amide bonds. The molecule has 0 aliphatic carbocycles. The van der Waals surface area contributed by atoms with E-state index in [0.29, 0.717) is 12.1 Å². The van der Waals surface area contributed by atoms with E-state index < -0.39 is 16.7 Å². The van der Waals surface area contributed by atoms with Crippen LogP contribution in [0, 0.1) is 10.1 Å². The zero-order valence-electron chi connectivity index (χ0n) is 17.3. The largest absolute Gasteiger partial charge is 0.365 e. The van der Waals surface area contributed by atoms with Crippen molar-refractivity contribution in [1.29, 1.82) is 0 Å². The van der Waals surface area contributed by atoms with Crippen molar-refractivity contribution in [3.63, 3.8) is 0 Å². The molecule has 8 nitrogen and oxygen atoms in total. The van der Waals surface area contributed by atoms with Crippen LogP contribution in [-0.2, 0) is 22.7 Å². The molecule has 0 bridgehead atoms. The van der Waals surface area contributed by atoms with Crippen molar-refractivity contribution in [2.45, 2.75) is 13.1 Å².